The summed E-state index contributed by atoms with van der Waals surface area (Å²) in [7, 11) is 0. The van der Waals surface area contributed by atoms with E-state index in [0.717, 1.165) is 36.9 Å². The Morgan fingerprint density at radius 1 is 1.17 bits per heavy atom. The van der Waals surface area contributed by atoms with Crippen LogP contribution in [0.2, 0.25) is 0 Å². The Hall–Kier alpha value is -1.91. The highest BCUT2D eigenvalue weighted by atomic mass is 16.2. The van der Waals surface area contributed by atoms with Crippen LogP contribution in [0, 0.1) is 18.8 Å². The molecule has 1 aromatic rings. The van der Waals surface area contributed by atoms with Crippen molar-refractivity contribution in [2.45, 2.75) is 52.0 Å². The molecular weight excluding hydrogens is 302 g/mol. The Morgan fingerprint density at radius 2 is 1.88 bits per heavy atom. The summed E-state index contributed by atoms with van der Waals surface area (Å²) in [6, 6.07) is 3.93. The van der Waals surface area contributed by atoms with Gasteiger partial charge in [-0.15, -0.1) is 0 Å². The number of pyridine rings is 1. The van der Waals surface area contributed by atoms with Gasteiger partial charge in [0.15, 0.2) is 0 Å². The van der Waals surface area contributed by atoms with E-state index in [1.54, 1.807) is 0 Å². The number of carbonyl (C=O) groups is 2. The molecule has 1 saturated heterocycles. The number of amides is 2. The second-order valence-corrected chi connectivity index (χ2v) is 7.19. The van der Waals surface area contributed by atoms with E-state index < -0.39 is 0 Å². The van der Waals surface area contributed by atoms with Crippen LogP contribution in [0.3, 0.4) is 0 Å². The molecule has 2 fully saturated rings. The Kier molecular flexibility index (Phi) is 5.17. The number of hydrogen-bond donors (Lipinski definition) is 1. The quantitative estimate of drug-likeness (QED) is 0.923. The first-order valence-electron chi connectivity index (χ1n) is 9.06. The molecule has 24 heavy (non-hydrogen) atoms. The molecule has 2 heterocycles. The van der Waals surface area contributed by atoms with Gasteiger partial charge in [0.05, 0.1) is 6.04 Å². The van der Waals surface area contributed by atoms with Gasteiger partial charge in [-0.25, -0.2) is 0 Å². The van der Waals surface area contributed by atoms with Gasteiger partial charge in [-0.05, 0) is 51.2 Å². The van der Waals surface area contributed by atoms with E-state index in [4.69, 9.17) is 0 Å². The lowest BCUT2D eigenvalue weighted by Crippen LogP contribution is -2.46. The molecule has 0 bridgehead atoms. The van der Waals surface area contributed by atoms with E-state index in [1.165, 1.54) is 6.42 Å². The van der Waals surface area contributed by atoms with Gasteiger partial charge in [0.25, 0.3) is 0 Å². The van der Waals surface area contributed by atoms with Crippen molar-refractivity contribution in [3.63, 3.8) is 0 Å². The third-order valence-electron chi connectivity index (χ3n) is 5.42. The Bertz CT molecular complexity index is 587. The molecule has 2 amide bonds. The summed E-state index contributed by atoms with van der Waals surface area (Å²) in [6.45, 7) is 5.37. The van der Waals surface area contributed by atoms with Gasteiger partial charge >= 0.3 is 0 Å². The fourth-order valence-corrected chi connectivity index (χ4v) is 3.43. The van der Waals surface area contributed by atoms with Crippen LogP contribution in [0.1, 0.15) is 56.3 Å². The molecule has 5 nitrogen and oxygen atoms in total. The highest BCUT2D eigenvalue weighted by Crippen LogP contribution is 2.30. The molecular formula is C19H27N3O2. The van der Waals surface area contributed by atoms with Crippen molar-refractivity contribution >= 4 is 11.8 Å². The number of carbonyl (C=O) groups excluding carboxylic acids is 2. The lowest BCUT2D eigenvalue weighted by molar-refractivity contribution is -0.141. The lowest BCUT2D eigenvalue weighted by atomic mass is 9.83. The first kappa shape index (κ1) is 16.9. The standard InChI is InChI=1S/C19H27N3O2/c1-13-6-7-17(12-20-13)14(2)21-18(23)15-8-10-22(11-9-15)19(24)16-4-3-5-16/h6-7,12,14-16H,3-5,8-11H2,1-2H3,(H,21,23)/t14-/m1/s1. The number of rotatable bonds is 4. The maximum Gasteiger partial charge on any atom is 0.225 e. The molecule has 1 atom stereocenters. The highest BCUT2D eigenvalue weighted by Gasteiger charge is 2.33. The average molecular weight is 329 g/mol. The second kappa shape index (κ2) is 7.32. The van der Waals surface area contributed by atoms with Crippen molar-refractivity contribution in [2.75, 3.05) is 13.1 Å². The van der Waals surface area contributed by atoms with Crippen molar-refractivity contribution in [2.24, 2.45) is 11.8 Å². The van der Waals surface area contributed by atoms with Crippen LogP contribution in [-0.4, -0.2) is 34.8 Å². The van der Waals surface area contributed by atoms with Crippen LogP contribution < -0.4 is 5.32 Å². The molecule has 0 radical (unpaired) electrons. The minimum atomic E-state index is -0.0414. The summed E-state index contributed by atoms with van der Waals surface area (Å²) in [5.41, 5.74) is 1.99. The van der Waals surface area contributed by atoms with Crippen molar-refractivity contribution in [1.29, 1.82) is 0 Å². The van der Waals surface area contributed by atoms with E-state index >= 15 is 0 Å². The van der Waals surface area contributed by atoms with E-state index in [2.05, 4.69) is 10.3 Å². The van der Waals surface area contributed by atoms with Gasteiger partial charge in [-0.2, -0.15) is 0 Å². The van der Waals surface area contributed by atoms with Crippen LogP contribution in [0.25, 0.3) is 0 Å². The Balaban J connectivity index is 1.48. The van der Waals surface area contributed by atoms with Gasteiger partial charge in [-0.3, -0.25) is 14.6 Å². The van der Waals surface area contributed by atoms with Crippen LogP contribution in [0.15, 0.2) is 18.3 Å². The Labute approximate surface area is 143 Å². The topological polar surface area (TPSA) is 62.3 Å². The molecule has 0 aromatic carbocycles. The van der Waals surface area contributed by atoms with E-state index in [0.29, 0.717) is 19.0 Å². The normalized spacial score (nSPS) is 20.3. The minimum absolute atomic E-state index is 0.0105. The van der Waals surface area contributed by atoms with E-state index in [-0.39, 0.29) is 23.8 Å². The zero-order valence-corrected chi connectivity index (χ0v) is 14.6. The highest BCUT2D eigenvalue weighted by molar-refractivity contribution is 5.81. The maximum atomic E-state index is 12.5. The van der Waals surface area contributed by atoms with E-state index in [1.807, 2.05) is 37.1 Å². The molecule has 1 aliphatic carbocycles. The van der Waals surface area contributed by atoms with Crippen LogP contribution >= 0.6 is 0 Å². The first-order chi connectivity index (χ1) is 11.5. The first-order valence-corrected chi connectivity index (χ1v) is 9.06. The second-order valence-electron chi connectivity index (χ2n) is 7.19. The maximum absolute atomic E-state index is 12.5. The number of nitrogens with one attached hydrogen (secondary N) is 1. The molecule has 5 heteroatoms. The lowest BCUT2D eigenvalue weighted by Gasteiger charge is -2.36. The summed E-state index contributed by atoms with van der Waals surface area (Å²) in [6.07, 6.45) is 6.62. The van der Waals surface area contributed by atoms with Crippen molar-refractivity contribution in [1.82, 2.24) is 15.2 Å². The molecule has 2 aliphatic rings. The third kappa shape index (κ3) is 3.77. The number of nitrogens with zero attached hydrogens (tertiary/aromatic N) is 2. The SMILES string of the molecule is Cc1ccc([C@@H](C)NC(=O)C2CCN(C(=O)C3CCC3)CC2)cn1. The Morgan fingerprint density at radius 3 is 2.42 bits per heavy atom. The monoisotopic (exact) mass is 329 g/mol. The van der Waals surface area contributed by atoms with Crippen LogP contribution in [0.4, 0.5) is 0 Å². The summed E-state index contributed by atoms with van der Waals surface area (Å²) in [5, 5.41) is 3.09. The van der Waals surface area contributed by atoms with E-state index in [9.17, 15) is 9.59 Å². The zero-order valence-electron chi connectivity index (χ0n) is 14.6. The largest absolute Gasteiger partial charge is 0.349 e. The fraction of sp³-hybridized carbons (Fsp3) is 0.632. The van der Waals surface area contributed by atoms with Gasteiger partial charge < -0.3 is 10.2 Å². The molecule has 0 unspecified atom stereocenters. The molecule has 1 aliphatic heterocycles. The van der Waals surface area contributed by atoms with Crippen molar-refractivity contribution in [3.05, 3.63) is 29.6 Å². The summed E-state index contributed by atoms with van der Waals surface area (Å²) in [5.74, 6) is 0.666. The minimum Gasteiger partial charge on any atom is -0.349 e. The smallest absolute Gasteiger partial charge is 0.225 e. The van der Waals surface area contributed by atoms with Gasteiger partial charge in [0, 0.05) is 36.8 Å². The van der Waals surface area contributed by atoms with Crippen LogP contribution in [-0.2, 0) is 9.59 Å². The molecule has 1 saturated carbocycles. The van der Waals surface area contributed by atoms with Gasteiger partial charge in [0.1, 0.15) is 0 Å². The van der Waals surface area contributed by atoms with Crippen LogP contribution in [0.5, 0.6) is 0 Å². The summed E-state index contributed by atoms with van der Waals surface area (Å²) < 4.78 is 0. The molecule has 1 N–H and O–H groups in total. The van der Waals surface area contributed by atoms with Gasteiger partial charge in [-0.1, -0.05) is 12.5 Å². The molecule has 0 spiro atoms. The number of aromatic nitrogens is 1. The van der Waals surface area contributed by atoms with Gasteiger partial charge in [0.2, 0.25) is 11.8 Å². The average Bonchev–Trinajstić information content (AvgIpc) is 2.54. The molecule has 3 rings (SSSR count). The summed E-state index contributed by atoms with van der Waals surface area (Å²) in [4.78, 5) is 31.0. The predicted octanol–water partition coefficient (Wildman–Crippen LogP) is 2.61. The summed E-state index contributed by atoms with van der Waals surface area (Å²) >= 11 is 0. The van der Waals surface area contributed by atoms with Crippen molar-refractivity contribution < 1.29 is 9.59 Å². The fourth-order valence-electron chi connectivity index (χ4n) is 3.43. The zero-order chi connectivity index (χ0) is 17.1. The number of piperidine rings is 1. The number of hydrogen-bond acceptors (Lipinski definition) is 3. The number of likely N-dealkylation sites (tertiary alicyclic amines) is 1. The molecule has 130 valence electrons. The number of aryl methyl sites for hydroxylation is 1. The third-order valence-corrected chi connectivity index (χ3v) is 5.42. The molecule has 1 aromatic heterocycles. The van der Waals surface area contributed by atoms with Crippen molar-refractivity contribution in [3.8, 4) is 0 Å². The predicted molar refractivity (Wildman–Crippen MR) is 92.2 cm³/mol.